The molecule has 56 valence electrons. The Labute approximate surface area is 60.1 Å². The van der Waals surface area contributed by atoms with E-state index in [0.29, 0.717) is 12.0 Å². The van der Waals surface area contributed by atoms with E-state index in [1.54, 1.807) is 6.92 Å². The van der Waals surface area contributed by atoms with Crippen LogP contribution >= 0.6 is 0 Å². The number of hydrogen-bond donors (Lipinski definition) is 1. The molecule has 0 fully saturated rings. The first-order valence-corrected chi connectivity index (χ1v) is 3.02. The minimum absolute atomic E-state index is 0.0543. The second-order valence-electron chi connectivity index (χ2n) is 2.04. The Kier molecular flexibility index (Phi) is 4.20. The third-order valence-corrected chi connectivity index (χ3v) is 0.934. The highest BCUT2D eigenvalue weighted by Crippen LogP contribution is 1.81. The molecule has 0 heterocycles. The van der Waals surface area contributed by atoms with Gasteiger partial charge in [-0.1, -0.05) is 0 Å². The summed E-state index contributed by atoms with van der Waals surface area (Å²) in [5, 5.41) is 2.76. The Morgan fingerprint density at radius 3 is 2.50 bits per heavy atom. The molecule has 0 atom stereocenters. The van der Waals surface area contributed by atoms with Crippen LogP contribution in [0.15, 0.2) is 11.8 Å². The van der Waals surface area contributed by atoms with Crippen molar-refractivity contribution in [3.05, 3.63) is 11.8 Å². The molecule has 0 rings (SSSR count). The maximum absolute atomic E-state index is 10.4. The van der Waals surface area contributed by atoms with Gasteiger partial charge in [-0.2, -0.15) is 0 Å². The summed E-state index contributed by atoms with van der Waals surface area (Å²) in [5.74, 6) is 0.0543. The molecule has 0 aliphatic heterocycles. The van der Waals surface area contributed by atoms with E-state index in [1.165, 1.54) is 13.0 Å². The molecule has 0 unspecified atom stereocenters. The van der Waals surface area contributed by atoms with Crippen molar-refractivity contribution in [3.63, 3.8) is 0 Å². The van der Waals surface area contributed by atoms with Gasteiger partial charge in [-0.25, -0.2) is 0 Å². The number of carbonyl (C=O) groups excluding carboxylic acids is 2. The number of aldehydes is 1. The summed E-state index contributed by atoms with van der Waals surface area (Å²) in [4.78, 5) is 20.2. The molecule has 0 radical (unpaired) electrons. The fourth-order valence-corrected chi connectivity index (χ4v) is 0.425. The molecule has 0 saturated carbocycles. The van der Waals surface area contributed by atoms with E-state index in [9.17, 15) is 9.59 Å². The highest BCUT2D eigenvalue weighted by Gasteiger charge is 1.90. The maximum atomic E-state index is 10.4. The second-order valence-corrected chi connectivity index (χ2v) is 2.04. The minimum atomic E-state index is 0.0543. The molecule has 0 aromatic carbocycles. The fourth-order valence-electron chi connectivity index (χ4n) is 0.425. The second kappa shape index (κ2) is 4.73. The van der Waals surface area contributed by atoms with Crippen molar-refractivity contribution in [2.75, 3.05) is 6.54 Å². The molecule has 3 nitrogen and oxygen atoms in total. The SMILES string of the molecule is CC(=O)CN/C(C)=C/C=O. The van der Waals surface area contributed by atoms with Crippen LogP contribution in [0.3, 0.4) is 0 Å². The monoisotopic (exact) mass is 141 g/mol. The third kappa shape index (κ3) is 5.03. The Bertz CT molecular complexity index is 161. The summed E-state index contributed by atoms with van der Waals surface area (Å²) < 4.78 is 0. The minimum Gasteiger partial charge on any atom is -0.381 e. The van der Waals surface area contributed by atoms with Crippen molar-refractivity contribution in [2.45, 2.75) is 13.8 Å². The van der Waals surface area contributed by atoms with Crippen molar-refractivity contribution < 1.29 is 9.59 Å². The molecule has 0 aliphatic carbocycles. The molecular formula is C7H11NO2. The van der Waals surface area contributed by atoms with Gasteiger partial charge in [0.2, 0.25) is 0 Å². The number of Topliss-reactive ketones (excluding diaryl/α,β-unsaturated/α-hetero) is 1. The topological polar surface area (TPSA) is 46.2 Å². The molecule has 0 amide bonds. The van der Waals surface area contributed by atoms with Crippen molar-refractivity contribution in [2.24, 2.45) is 0 Å². The van der Waals surface area contributed by atoms with E-state index in [4.69, 9.17) is 0 Å². The highest BCUT2D eigenvalue weighted by molar-refractivity contribution is 5.78. The van der Waals surface area contributed by atoms with E-state index in [2.05, 4.69) is 5.32 Å². The lowest BCUT2D eigenvalue weighted by molar-refractivity contribution is -0.116. The van der Waals surface area contributed by atoms with Gasteiger partial charge < -0.3 is 5.32 Å². The number of nitrogens with one attached hydrogen (secondary N) is 1. The van der Waals surface area contributed by atoms with Crippen LogP contribution in [0.1, 0.15) is 13.8 Å². The average molecular weight is 141 g/mol. The van der Waals surface area contributed by atoms with Crippen LogP contribution in [0.25, 0.3) is 0 Å². The highest BCUT2D eigenvalue weighted by atomic mass is 16.1. The molecule has 1 N–H and O–H groups in total. The molecule has 0 spiro atoms. The fraction of sp³-hybridized carbons (Fsp3) is 0.429. The smallest absolute Gasteiger partial charge is 0.148 e. The van der Waals surface area contributed by atoms with E-state index in [0.717, 1.165) is 0 Å². The summed E-state index contributed by atoms with van der Waals surface area (Å²) in [6.45, 7) is 3.51. The van der Waals surface area contributed by atoms with Crippen LogP contribution in [0.2, 0.25) is 0 Å². The maximum Gasteiger partial charge on any atom is 0.148 e. The number of ketones is 1. The van der Waals surface area contributed by atoms with E-state index in [1.807, 2.05) is 0 Å². The van der Waals surface area contributed by atoms with Crippen LogP contribution in [0.4, 0.5) is 0 Å². The van der Waals surface area contributed by atoms with Crippen molar-refractivity contribution in [1.29, 1.82) is 0 Å². The van der Waals surface area contributed by atoms with Gasteiger partial charge >= 0.3 is 0 Å². The van der Waals surface area contributed by atoms with Crippen LogP contribution in [0, 0.1) is 0 Å². The van der Waals surface area contributed by atoms with Gasteiger partial charge in [0, 0.05) is 5.70 Å². The molecule has 0 saturated heterocycles. The first-order valence-electron chi connectivity index (χ1n) is 3.02. The van der Waals surface area contributed by atoms with Crippen molar-refractivity contribution in [1.82, 2.24) is 5.32 Å². The van der Waals surface area contributed by atoms with Gasteiger partial charge in [-0.15, -0.1) is 0 Å². The Morgan fingerprint density at radius 2 is 2.10 bits per heavy atom. The first kappa shape index (κ1) is 8.88. The van der Waals surface area contributed by atoms with Crippen molar-refractivity contribution in [3.8, 4) is 0 Å². The van der Waals surface area contributed by atoms with Crippen LogP contribution in [-0.2, 0) is 9.59 Å². The van der Waals surface area contributed by atoms with E-state index in [-0.39, 0.29) is 12.3 Å². The average Bonchev–Trinajstić information content (AvgIpc) is 1.85. The zero-order valence-corrected chi connectivity index (χ0v) is 6.18. The normalized spacial score (nSPS) is 10.8. The van der Waals surface area contributed by atoms with Gasteiger partial charge in [0.05, 0.1) is 6.54 Å². The van der Waals surface area contributed by atoms with Gasteiger partial charge in [0.15, 0.2) is 0 Å². The predicted molar refractivity (Wildman–Crippen MR) is 38.5 cm³/mol. The lowest BCUT2D eigenvalue weighted by Gasteiger charge is -2.00. The number of hydrogen-bond acceptors (Lipinski definition) is 3. The molecule has 10 heavy (non-hydrogen) atoms. The first-order chi connectivity index (χ1) is 4.66. The molecule has 0 aromatic heterocycles. The molecule has 3 heteroatoms. The largest absolute Gasteiger partial charge is 0.381 e. The van der Waals surface area contributed by atoms with Crippen LogP contribution < -0.4 is 5.32 Å². The summed E-state index contributed by atoms with van der Waals surface area (Å²) in [6.07, 6.45) is 2.06. The van der Waals surface area contributed by atoms with Gasteiger partial charge in [0.1, 0.15) is 12.1 Å². The summed E-state index contributed by atoms with van der Waals surface area (Å²) >= 11 is 0. The quantitative estimate of drug-likeness (QED) is 0.451. The van der Waals surface area contributed by atoms with Crippen LogP contribution in [-0.4, -0.2) is 18.6 Å². The standard InChI is InChI=1S/C7H11NO2/c1-6(3-4-9)8-5-7(2)10/h3-4,8H,5H2,1-2H3/b6-3+. The molecular weight excluding hydrogens is 130 g/mol. The molecule has 0 aromatic rings. The van der Waals surface area contributed by atoms with Gasteiger partial charge in [0.25, 0.3) is 0 Å². The summed E-state index contributed by atoms with van der Waals surface area (Å²) in [6, 6.07) is 0. The lowest BCUT2D eigenvalue weighted by Crippen LogP contribution is -2.18. The number of rotatable bonds is 4. The van der Waals surface area contributed by atoms with E-state index < -0.39 is 0 Å². The zero-order chi connectivity index (χ0) is 7.98. The third-order valence-electron chi connectivity index (χ3n) is 0.934. The number of allylic oxidation sites excluding steroid dienone is 2. The zero-order valence-electron chi connectivity index (χ0n) is 6.18. The summed E-state index contributed by atoms with van der Waals surface area (Å²) in [5.41, 5.74) is 0.713. The van der Waals surface area contributed by atoms with Gasteiger partial charge in [-0.3, -0.25) is 9.59 Å². The van der Waals surface area contributed by atoms with Crippen molar-refractivity contribution >= 4 is 12.1 Å². The molecule has 0 aliphatic rings. The Hall–Kier alpha value is -1.12. The van der Waals surface area contributed by atoms with Crippen LogP contribution in [0.5, 0.6) is 0 Å². The Balaban J connectivity index is 3.58. The molecule has 0 bridgehead atoms. The predicted octanol–water partition coefficient (Wildman–Crippen LogP) is 0.268. The van der Waals surface area contributed by atoms with Gasteiger partial charge in [-0.05, 0) is 19.9 Å². The Morgan fingerprint density at radius 1 is 1.50 bits per heavy atom. The van der Waals surface area contributed by atoms with E-state index >= 15 is 0 Å². The lowest BCUT2D eigenvalue weighted by atomic mass is 10.4. The number of carbonyl (C=O) groups is 2. The summed E-state index contributed by atoms with van der Waals surface area (Å²) in [7, 11) is 0.